The number of H-pyrrole nitrogens is 1. The molecule has 1 aromatic heterocycles. The Labute approximate surface area is 191 Å². The monoisotopic (exact) mass is 472 g/mol. The molecule has 32 heavy (non-hydrogen) atoms. The molecule has 13 heteroatoms. The van der Waals surface area contributed by atoms with E-state index < -0.39 is 54.0 Å². The molecule has 1 rings (SSSR count). The number of carbonyl (C=O) groups is 4. The number of aromatic nitrogens is 2. The number of rotatable bonds is 13. The van der Waals surface area contributed by atoms with Gasteiger partial charge in [0, 0.05) is 24.1 Å². The number of nitrogens with one attached hydrogen (secondary N) is 4. The summed E-state index contributed by atoms with van der Waals surface area (Å²) in [4.78, 5) is 55.5. The zero-order valence-electron chi connectivity index (χ0n) is 18.2. The highest BCUT2D eigenvalue weighted by Crippen LogP contribution is 2.05. The SMILES string of the molecule is CC(C)CC(N)C(=O)NC(CS)C(=O)NC(C(=O)NC(Cc1cnc[nH]1)C(=O)O)C(C)O. The fourth-order valence-corrected chi connectivity index (χ4v) is 3.08. The minimum absolute atomic E-state index is 0.0788. The van der Waals surface area contributed by atoms with E-state index in [1.165, 1.54) is 19.4 Å². The predicted octanol–water partition coefficient (Wildman–Crippen LogP) is -1.82. The molecule has 0 saturated heterocycles. The second-order valence-corrected chi connectivity index (χ2v) is 8.25. The number of aliphatic carboxylic acids is 1. The molecule has 1 heterocycles. The molecular weight excluding hydrogens is 440 g/mol. The van der Waals surface area contributed by atoms with Crippen LogP contribution < -0.4 is 21.7 Å². The highest BCUT2D eigenvalue weighted by molar-refractivity contribution is 7.80. The average molecular weight is 473 g/mol. The van der Waals surface area contributed by atoms with E-state index in [1.54, 1.807) is 0 Å². The summed E-state index contributed by atoms with van der Waals surface area (Å²) in [5.41, 5.74) is 6.30. The van der Waals surface area contributed by atoms with Crippen LogP contribution in [0.3, 0.4) is 0 Å². The highest BCUT2D eigenvalue weighted by Gasteiger charge is 2.32. The number of hydrogen-bond acceptors (Lipinski definition) is 8. The molecule has 0 bridgehead atoms. The van der Waals surface area contributed by atoms with Crippen molar-refractivity contribution in [3.63, 3.8) is 0 Å². The number of aromatic amines is 1. The van der Waals surface area contributed by atoms with Crippen molar-refractivity contribution in [2.45, 2.75) is 63.9 Å². The molecule has 0 aliphatic carbocycles. The van der Waals surface area contributed by atoms with Crippen molar-refractivity contribution in [2.75, 3.05) is 5.75 Å². The number of carbonyl (C=O) groups excluding carboxylic acids is 3. The normalized spacial score (nSPS) is 15.8. The van der Waals surface area contributed by atoms with Crippen LogP contribution in [0.2, 0.25) is 0 Å². The number of nitrogens with zero attached hydrogens (tertiary/aromatic N) is 1. The van der Waals surface area contributed by atoms with Gasteiger partial charge in [0.2, 0.25) is 17.7 Å². The van der Waals surface area contributed by atoms with E-state index in [9.17, 15) is 29.4 Å². The lowest BCUT2D eigenvalue weighted by atomic mass is 10.0. The first kappa shape index (κ1) is 27.4. The summed E-state index contributed by atoms with van der Waals surface area (Å²) in [5, 5.41) is 26.5. The average Bonchev–Trinajstić information content (AvgIpc) is 3.21. The maximum Gasteiger partial charge on any atom is 0.326 e. The molecule has 0 saturated carbocycles. The van der Waals surface area contributed by atoms with Gasteiger partial charge in [-0.15, -0.1) is 0 Å². The Kier molecular flexibility index (Phi) is 11.2. The van der Waals surface area contributed by atoms with Crippen LogP contribution in [-0.2, 0) is 25.6 Å². The summed E-state index contributed by atoms with van der Waals surface area (Å²) < 4.78 is 0. The molecule has 5 atom stereocenters. The molecule has 1 aromatic rings. The van der Waals surface area contributed by atoms with Gasteiger partial charge in [-0.05, 0) is 19.3 Å². The number of thiol groups is 1. The quantitative estimate of drug-likeness (QED) is 0.153. The predicted molar refractivity (Wildman–Crippen MR) is 119 cm³/mol. The molecular formula is C19H32N6O6S. The maximum absolute atomic E-state index is 12.6. The molecule has 0 aliphatic rings. The molecule has 3 amide bonds. The fraction of sp³-hybridized carbons (Fsp3) is 0.632. The molecule has 0 radical (unpaired) electrons. The van der Waals surface area contributed by atoms with Crippen LogP contribution in [-0.4, -0.2) is 79.9 Å². The first-order valence-electron chi connectivity index (χ1n) is 10.1. The summed E-state index contributed by atoms with van der Waals surface area (Å²) in [6.45, 7) is 5.07. The first-order chi connectivity index (χ1) is 15.0. The zero-order valence-corrected chi connectivity index (χ0v) is 19.1. The molecule has 0 fully saturated rings. The maximum atomic E-state index is 12.6. The van der Waals surface area contributed by atoms with Crippen molar-refractivity contribution in [1.82, 2.24) is 25.9 Å². The number of aliphatic hydroxyl groups excluding tert-OH is 1. The van der Waals surface area contributed by atoms with Crippen molar-refractivity contribution < 1.29 is 29.4 Å². The van der Waals surface area contributed by atoms with E-state index in [4.69, 9.17) is 5.73 Å². The van der Waals surface area contributed by atoms with Crippen molar-refractivity contribution in [3.05, 3.63) is 18.2 Å². The minimum Gasteiger partial charge on any atom is -0.480 e. The molecule has 0 aliphatic heterocycles. The molecule has 8 N–H and O–H groups in total. The lowest BCUT2D eigenvalue weighted by molar-refractivity contribution is -0.143. The van der Waals surface area contributed by atoms with E-state index in [0.29, 0.717) is 12.1 Å². The second-order valence-electron chi connectivity index (χ2n) is 7.89. The smallest absolute Gasteiger partial charge is 0.326 e. The molecule has 180 valence electrons. The van der Waals surface area contributed by atoms with E-state index in [2.05, 4.69) is 38.5 Å². The van der Waals surface area contributed by atoms with Crippen LogP contribution in [0.4, 0.5) is 0 Å². The third kappa shape index (κ3) is 8.85. The van der Waals surface area contributed by atoms with Gasteiger partial charge < -0.3 is 36.9 Å². The number of nitrogens with two attached hydrogens (primary N) is 1. The Hall–Kier alpha value is -2.64. The van der Waals surface area contributed by atoms with Crippen molar-refractivity contribution in [1.29, 1.82) is 0 Å². The number of aliphatic hydroxyl groups is 1. The van der Waals surface area contributed by atoms with Gasteiger partial charge in [0.25, 0.3) is 0 Å². The molecule has 5 unspecified atom stereocenters. The minimum atomic E-state index is -1.46. The van der Waals surface area contributed by atoms with Gasteiger partial charge in [-0.2, -0.15) is 12.6 Å². The Balaban J connectivity index is 2.81. The van der Waals surface area contributed by atoms with E-state index in [0.717, 1.165) is 0 Å². The van der Waals surface area contributed by atoms with Gasteiger partial charge >= 0.3 is 5.97 Å². The van der Waals surface area contributed by atoms with Gasteiger partial charge in [-0.1, -0.05) is 13.8 Å². The summed E-state index contributed by atoms with van der Waals surface area (Å²) in [6, 6.07) is -4.72. The van der Waals surface area contributed by atoms with Crippen LogP contribution in [0.25, 0.3) is 0 Å². The van der Waals surface area contributed by atoms with Crippen molar-refractivity contribution >= 4 is 36.3 Å². The van der Waals surface area contributed by atoms with Crippen LogP contribution in [0.1, 0.15) is 32.9 Å². The van der Waals surface area contributed by atoms with E-state index >= 15 is 0 Å². The van der Waals surface area contributed by atoms with Gasteiger partial charge in [-0.3, -0.25) is 14.4 Å². The summed E-state index contributed by atoms with van der Waals surface area (Å²) >= 11 is 4.06. The highest BCUT2D eigenvalue weighted by atomic mass is 32.1. The second kappa shape index (κ2) is 13.0. The van der Waals surface area contributed by atoms with Crippen molar-refractivity contribution in [2.24, 2.45) is 11.7 Å². The summed E-state index contributed by atoms with van der Waals surface area (Å²) in [6.07, 6.45) is 1.77. The zero-order chi connectivity index (χ0) is 24.4. The summed E-state index contributed by atoms with van der Waals surface area (Å²) in [7, 11) is 0. The third-order valence-corrected chi connectivity index (χ3v) is 4.90. The number of hydrogen-bond donors (Lipinski definition) is 8. The van der Waals surface area contributed by atoms with Crippen molar-refractivity contribution in [3.8, 4) is 0 Å². The van der Waals surface area contributed by atoms with Gasteiger partial charge in [0.05, 0.1) is 18.5 Å². The number of carboxylic acid groups (broad SMARTS) is 1. The standard InChI is InChI=1S/C19H32N6O6S/c1-9(2)4-12(20)16(27)24-14(7-32)17(28)25-15(10(3)26)18(29)23-13(19(30)31)5-11-6-21-8-22-11/h6,8-10,12-15,26,32H,4-5,7,20H2,1-3H3,(H,21,22)(H,23,29)(H,24,27)(H,25,28)(H,30,31). The van der Waals surface area contributed by atoms with E-state index in [-0.39, 0.29) is 18.1 Å². The molecule has 0 aromatic carbocycles. The van der Waals surface area contributed by atoms with Gasteiger partial charge in [0.1, 0.15) is 18.1 Å². The lowest BCUT2D eigenvalue weighted by Gasteiger charge is -2.26. The van der Waals surface area contributed by atoms with Crippen LogP contribution in [0, 0.1) is 5.92 Å². The first-order valence-corrected chi connectivity index (χ1v) is 10.7. The largest absolute Gasteiger partial charge is 0.480 e. The Bertz CT molecular complexity index is 772. The van der Waals surface area contributed by atoms with Crippen LogP contribution in [0.5, 0.6) is 0 Å². The number of amides is 3. The van der Waals surface area contributed by atoms with Gasteiger partial charge in [0.15, 0.2) is 0 Å². The number of carboxylic acids is 1. The summed E-state index contributed by atoms with van der Waals surface area (Å²) in [5.74, 6) is -3.43. The molecule has 12 nitrogen and oxygen atoms in total. The fourth-order valence-electron chi connectivity index (χ4n) is 2.82. The van der Waals surface area contributed by atoms with Crippen LogP contribution in [0.15, 0.2) is 12.5 Å². The number of imidazole rings is 1. The van der Waals surface area contributed by atoms with Crippen LogP contribution >= 0.6 is 12.6 Å². The molecule has 0 spiro atoms. The Morgan fingerprint density at radius 1 is 1.09 bits per heavy atom. The van der Waals surface area contributed by atoms with Gasteiger partial charge in [-0.25, -0.2) is 9.78 Å². The topological polar surface area (TPSA) is 200 Å². The van der Waals surface area contributed by atoms with E-state index in [1.807, 2.05) is 13.8 Å². The Morgan fingerprint density at radius 2 is 1.72 bits per heavy atom. The lowest BCUT2D eigenvalue weighted by Crippen LogP contribution is -2.60. The Morgan fingerprint density at radius 3 is 2.19 bits per heavy atom. The third-order valence-electron chi connectivity index (χ3n) is 4.53.